The lowest BCUT2D eigenvalue weighted by molar-refractivity contribution is 0.0444. The summed E-state index contributed by atoms with van der Waals surface area (Å²) in [6.07, 6.45) is 1.47. The molecule has 3 heterocycles. The van der Waals surface area contributed by atoms with E-state index in [4.69, 9.17) is 4.74 Å². The Morgan fingerprint density at radius 2 is 1.12 bits per heavy atom. The zero-order valence-corrected chi connectivity index (χ0v) is 14.1. The second kappa shape index (κ2) is 5.87. The maximum absolute atomic E-state index is 12.2. The van der Waals surface area contributed by atoms with Gasteiger partial charge in [-0.3, -0.25) is 9.59 Å². The van der Waals surface area contributed by atoms with Crippen LogP contribution in [0.2, 0.25) is 0 Å². The molecular formula is C18H8O5S2. The van der Waals surface area contributed by atoms with Gasteiger partial charge in [0.2, 0.25) is 0 Å². The van der Waals surface area contributed by atoms with Gasteiger partial charge in [0.15, 0.2) is 12.6 Å². The van der Waals surface area contributed by atoms with Crippen molar-refractivity contribution in [1.82, 2.24) is 0 Å². The molecule has 0 radical (unpaired) electrons. The SMILES string of the molecule is O=Cc1ccc(-c2ccc(-c3ccc(C=O)s3)c3c2C(=O)OC3=O)s1. The lowest BCUT2D eigenvalue weighted by Crippen LogP contribution is -1.97. The minimum absolute atomic E-state index is 0.197. The quantitative estimate of drug-likeness (QED) is 0.394. The molecule has 0 unspecified atom stereocenters. The summed E-state index contributed by atoms with van der Waals surface area (Å²) < 4.78 is 4.81. The molecule has 25 heavy (non-hydrogen) atoms. The van der Waals surface area contributed by atoms with Crippen LogP contribution >= 0.6 is 22.7 Å². The van der Waals surface area contributed by atoms with Crippen LogP contribution in [0.3, 0.4) is 0 Å². The van der Waals surface area contributed by atoms with Crippen molar-refractivity contribution in [2.75, 3.05) is 0 Å². The van der Waals surface area contributed by atoms with E-state index in [0.717, 1.165) is 12.6 Å². The van der Waals surface area contributed by atoms with Crippen LogP contribution in [0, 0.1) is 0 Å². The molecule has 2 aromatic heterocycles. The van der Waals surface area contributed by atoms with Gasteiger partial charge in [0.1, 0.15) is 0 Å². The Hall–Kier alpha value is -2.90. The van der Waals surface area contributed by atoms with Crippen molar-refractivity contribution in [1.29, 1.82) is 0 Å². The third kappa shape index (κ3) is 2.45. The highest BCUT2D eigenvalue weighted by Gasteiger charge is 2.36. The Morgan fingerprint density at radius 1 is 0.680 bits per heavy atom. The van der Waals surface area contributed by atoms with Crippen LogP contribution in [0.1, 0.15) is 40.1 Å². The van der Waals surface area contributed by atoms with Gasteiger partial charge in [0.25, 0.3) is 0 Å². The standard InChI is InChI=1S/C18H8O5S2/c19-7-9-1-5-13(24-9)11-3-4-12(14-6-2-10(8-20)25-14)16-15(11)17(21)23-18(16)22/h1-8H. The topological polar surface area (TPSA) is 77.5 Å². The number of hydrogen-bond donors (Lipinski definition) is 0. The van der Waals surface area contributed by atoms with Crippen molar-refractivity contribution in [3.05, 3.63) is 57.3 Å². The van der Waals surface area contributed by atoms with Crippen molar-refractivity contribution in [3.8, 4) is 20.9 Å². The van der Waals surface area contributed by atoms with Crippen LogP contribution in [0.4, 0.5) is 0 Å². The number of esters is 2. The monoisotopic (exact) mass is 368 g/mol. The van der Waals surface area contributed by atoms with Crippen molar-refractivity contribution < 1.29 is 23.9 Å². The van der Waals surface area contributed by atoms with Crippen LogP contribution in [-0.4, -0.2) is 24.5 Å². The number of thiophene rings is 2. The summed E-state index contributed by atoms with van der Waals surface area (Å²) in [7, 11) is 0. The highest BCUT2D eigenvalue weighted by atomic mass is 32.1. The Labute approximate surface area is 149 Å². The minimum Gasteiger partial charge on any atom is -0.386 e. The fourth-order valence-electron chi connectivity index (χ4n) is 2.75. The maximum atomic E-state index is 12.2. The Kier molecular flexibility index (Phi) is 3.67. The van der Waals surface area contributed by atoms with Gasteiger partial charge in [-0.15, -0.1) is 22.7 Å². The number of hydrogen-bond acceptors (Lipinski definition) is 7. The number of benzene rings is 1. The van der Waals surface area contributed by atoms with Crippen LogP contribution in [-0.2, 0) is 4.74 Å². The van der Waals surface area contributed by atoms with Crippen LogP contribution in [0.5, 0.6) is 0 Å². The first kappa shape index (κ1) is 15.6. The Balaban J connectivity index is 1.95. The number of rotatable bonds is 4. The molecule has 5 nitrogen and oxygen atoms in total. The Bertz CT molecular complexity index is 974. The summed E-state index contributed by atoms with van der Waals surface area (Å²) in [5.74, 6) is -1.41. The third-order valence-corrected chi connectivity index (χ3v) is 5.90. The van der Waals surface area contributed by atoms with Gasteiger partial charge >= 0.3 is 11.9 Å². The predicted octanol–water partition coefficient (Wildman–Crippen LogP) is 4.08. The summed E-state index contributed by atoms with van der Waals surface area (Å²) >= 11 is 2.47. The van der Waals surface area contributed by atoms with Gasteiger partial charge < -0.3 is 4.74 Å². The molecule has 0 saturated heterocycles. The zero-order valence-electron chi connectivity index (χ0n) is 12.5. The number of carbonyl (C=O) groups is 4. The van der Waals surface area contributed by atoms with E-state index in [1.54, 1.807) is 36.4 Å². The summed E-state index contributed by atoms with van der Waals surface area (Å²) in [4.78, 5) is 48.7. The van der Waals surface area contributed by atoms with E-state index in [1.807, 2.05) is 0 Å². The summed E-state index contributed by atoms with van der Waals surface area (Å²) in [5, 5.41) is 0. The van der Waals surface area contributed by atoms with Crippen molar-refractivity contribution in [2.24, 2.45) is 0 Å². The van der Waals surface area contributed by atoms with E-state index in [2.05, 4.69) is 0 Å². The van der Waals surface area contributed by atoms with E-state index >= 15 is 0 Å². The first-order valence-corrected chi connectivity index (χ1v) is 8.80. The fourth-order valence-corrected chi connectivity index (χ4v) is 4.45. The molecule has 0 saturated carbocycles. The number of ether oxygens (including phenoxy) is 1. The van der Waals surface area contributed by atoms with Crippen LogP contribution in [0.25, 0.3) is 20.9 Å². The first-order chi connectivity index (χ1) is 12.1. The Morgan fingerprint density at radius 3 is 1.48 bits per heavy atom. The molecule has 0 aliphatic carbocycles. The molecule has 0 fully saturated rings. The highest BCUT2D eigenvalue weighted by molar-refractivity contribution is 7.17. The molecule has 3 aromatic rings. The number of fused-ring (bicyclic) bond motifs is 1. The molecule has 4 rings (SSSR count). The molecular weight excluding hydrogens is 360 g/mol. The number of carbonyl (C=O) groups excluding carboxylic acids is 4. The molecule has 0 atom stereocenters. The summed E-state index contributed by atoms with van der Waals surface area (Å²) in [5.41, 5.74) is 1.51. The molecule has 0 spiro atoms. The average molecular weight is 368 g/mol. The van der Waals surface area contributed by atoms with Crippen molar-refractivity contribution >= 4 is 47.2 Å². The minimum atomic E-state index is -0.704. The van der Waals surface area contributed by atoms with Crippen molar-refractivity contribution in [3.63, 3.8) is 0 Å². The highest BCUT2D eigenvalue weighted by Crippen LogP contribution is 2.41. The van der Waals surface area contributed by atoms with Gasteiger partial charge in [-0.2, -0.15) is 0 Å². The average Bonchev–Trinajstić information content (AvgIpc) is 3.34. The van der Waals surface area contributed by atoms with E-state index in [1.165, 1.54) is 22.7 Å². The first-order valence-electron chi connectivity index (χ1n) is 7.16. The van der Waals surface area contributed by atoms with E-state index < -0.39 is 11.9 Å². The molecule has 1 aromatic carbocycles. The van der Waals surface area contributed by atoms with E-state index in [0.29, 0.717) is 30.6 Å². The molecule has 1 aliphatic heterocycles. The van der Waals surface area contributed by atoms with Crippen LogP contribution in [0.15, 0.2) is 36.4 Å². The maximum Gasteiger partial charge on any atom is 0.347 e. The van der Waals surface area contributed by atoms with Gasteiger partial charge in [0, 0.05) is 20.9 Å². The molecule has 122 valence electrons. The largest absolute Gasteiger partial charge is 0.386 e. The summed E-state index contributed by atoms with van der Waals surface area (Å²) in [6, 6.07) is 10.2. The van der Waals surface area contributed by atoms with E-state index in [9.17, 15) is 19.2 Å². The third-order valence-electron chi connectivity index (χ3n) is 3.82. The summed E-state index contributed by atoms with van der Waals surface area (Å²) in [6.45, 7) is 0. The zero-order chi connectivity index (χ0) is 17.6. The lowest BCUT2D eigenvalue weighted by Gasteiger charge is -2.07. The molecule has 0 amide bonds. The van der Waals surface area contributed by atoms with E-state index in [-0.39, 0.29) is 11.1 Å². The van der Waals surface area contributed by atoms with Gasteiger partial charge in [0.05, 0.1) is 20.9 Å². The molecule has 7 heteroatoms. The number of cyclic esters (lactones) is 2. The normalized spacial score (nSPS) is 12.8. The predicted molar refractivity (Wildman–Crippen MR) is 93.6 cm³/mol. The lowest BCUT2D eigenvalue weighted by atomic mass is 9.95. The number of aldehydes is 2. The smallest absolute Gasteiger partial charge is 0.347 e. The molecule has 0 N–H and O–H groups in total. The van der Waals surface area contributed by atoms with Gasteiger partial charge in [-0.25, -0.2) is 9.59 Å². The van der Waals surface area contributed by atoms with Gasteiger partial charge in [-0.1, -0.05) is 12.1 Å². The molecule has 1 aliphatic rings. The van der Waals surface area contributed by atoms with Crippen LogP contribution < -0.4 is 0 Å². The second-order valence-corrected chi connectivity index (χ2v) is 7.46. The van der Waals surface area contributed by atoms with Crippen molar-refractivity contribution in [2.45, 2.75) is 0 Å². The molecule has 0 bridgehead atoms. The van der Waals surface area contributed by atoms with Gasteiger partial charge in [-0.05, 0) is 24.3 Å². The second-order valence-electron chi connectivity index (χ2n) is 5.23. The fraction of sp³-hybridized carbons (Fsp3) is 0.